The second kappa shape index (κ2) is 54.7. The first kappa shape index (κ1) is 96.4. The van der Waals surface area contributed by atoms with Gasteiger partial charge in [-0.05, 0) is 82.2 Å². The molecule has 2 N–H and O–H groups in total. The Morgan fingerprint density at radius 3 is 1.42 bits per heavy atom. The minimum Gasteiger partial charge on any atom is -0.462 e. The molecule has 1 aliphatic heterocycles. The van der Waals surface area contributed by atoms with Crippen molar-refractivity contribution in [2.45, 2.75) is 329 Å². The smallest absolute Gasteiger partial charge is 0.462 e. The molecule has 1 saturated heterocycles. The topological polar surface area (TPSA) is 271 Å². The van der Waals surface area contributed by atoms with Crippen molar-refractivity contribution in [2.75, 3.05) is 19.8 Å². The molecule has 0 aliphatic carbocycles. The van der Waals surface area contributed by atoms with Gasteiger partial charge in [0.25, 0.3) is 0 Å². The van der Waals surface area contributed by atoms with E-state index < -0.39 is 138 Å². The van der Waals surface area contributed by atoms with Crippen LogP contribution in [0.2, 0.25) is 0 Å². The second-order valence-electron chi connectivity index (χ2n) is 28.1. The van der Waals surface area contributed by atoms with Crippen LogP contribution < -0.4 is 19.7 Å². The minimum atomic E-state index is -5.25. The predicted molar refractivity (Wildman–Crippen MR) is 424 cm³/mol. The van der Waals surface area contributed by atoms with Crippen molar-refractivity contribution in [1.82, 2.24) is 10.6 Å². The summed E-state index contributed by atoms with van der Waals surface area (Å²) in [5.41, 5.74) is -1.29. The van der Waals surface area contributed by atoms with Gasteiger partial charge in [-0.25, -0.2) is 18.9 Å². The van der Waals surface area contributed by atoms with Crippen molar-refractivity contribution in [3.8, 4) is 11.5 Å². The van der Waals surface area contributed by atoms with Crippen LogP contribution in [0.3, 0.4) is 0 Å². The maximum atomic E-state index is 15.9. The van der Waals surface area contributed by atoms with Crippen molar-refractivity contribution in [3.63, 3.8) is 0 Å². The van der Waals surface area contributed by atoms with Gasteiger partial charge in [0.15, 0.2) is 24.0 Å². The van der Waals surface area contributed by atoms with Crippen molar-refractivity contribution in [3.05, 3.63) is 96.6 Å². The number of benzene rings is 3. The fraction of sp³-hybridized carbons (Fsp3) is 0.688. The number of carbonyl (C=O) groups is 7. The molecule has 22 nitrogen and oxygen atoms in total. The van der Waals surface area contributed by atoms with E-state index in [2.05, 4.69) is 38.3 Å². The Labute approximate surface area is 676 Å². The van der Waals surface area contributed by atoms with Gasteiger partial charge in [0.2, 0.25) is 13.5 Å². The molecule has 616 valence electrons. The Morgan fingerprint density at radius 2 is 0.963 bits per heavy atom. The minimum absolute atomic E-state index is 0.0620. The lowest BCUT2D eigenvalue weighted by Gasteiger charge is -2.45. The summed E-state index contributed by atoms with van der Waals surface area (Å²) in [5, 5.41) is 5.28. The molecule has 0 bridgehead atoms. The summed E-state index contributed by atoms with van der Waals surface area (Å²) >= 11 is 37.1. The van der Waals surface area contributed by atoms with Crippen molar-refractivity contribution < 1.29 is 94.3 Å². The van der Waals surface area contributed by atoms with Crippen LogP contribution in [0.4, 0.5) is 9.59 Å². The zero-order valence-corrected chi connectivity index (χ0v) is 70.0. The third-order valence-electron chi connectivity index (χ3n) is 18.0. The van der Waals surface area contributed by atoms with Crippen LogP contribution in [0.15, 0.2) is 91.0 Å². The van der Waals surface area contributed by atoms with E-state index >= 15 is 9.36 Å². The number of alkyl carbamates (subject to hydrolysis) is 1. The number of rotatable bonds is 57. The van der Waals surface area contributed by atoms with Crippen LogP contribution in [-0.4, -0.2) is 124 Å². The number of esters is 4. The van der Waals surface area contributed by atoms with Gasteiger partial charge in [0, 0.05) is 12.8 Å². The number of ether oxygens (including phenoxy) is 9. The highest BCUT2D eigenvalue weighted by atomic mass is 35.6. The van der Waals surface area contributed by atoms with Crippen LogP contribution in [0.1, 0.15) is 265 Å². The SMILES string of the molecule is CCCCCCCCCCC[C@H](CC(=O)N[C@@H](CO[C@@H]1O[C@H](COC(=O)OC(C)(C)C(Cl)(Cl)Cl)[C@@H](OP(=O)(Oc2ccccc2)Oc2ccccc2)[C@H](OC(=O)C[C@@H](CCCCCCCCCCC)OC(=O)CCCCCCC)[C@H]1NC(=O)OCC(Cl)(Cl)Cl)C(=O)OCc1ccccc1)OC(=O)CCCCCCC. The first-order valence-corrected chi connectivity index (χ1v) is 42.9. The molecule has 0 aromatic heterocycles. The fourth-order valence-electron chi connectivity index (χ4n) is 11.8. The molecule has 3 aromatic rings. The van der Waals surface area contributed by atoms with E-state index in [9.17, 15) is 28.8 Å². The normalized spacial score (nSPS) is 16.9. The van der Waals surface area contributed by atoms with Gasteiger partial charge >= 0.3 is 43.9 Å². The summed E-state index contributed by atoms with van der Waals surface area (Å²) in [6, 6.07) is 20.3. The molecule has 0 spiro atoms. The van der Waals surface area contributed by atoms with Crippen LogP contribution >= 0.6 is 77.4 Å². The number of alkyl halides is 6. The van der Waals surface area contributed by atoms with Gasteiger partial charge in [0.05, 0.1) is 19.4 Å². The Kier molecular flexibility index (Phi) is 48.3. The molecule has 2 amide bonds. The molecule has 0 radical (unpaired) electrons. The lowest BCUT2D eigenvalue weighted by atomic mass is 9.96. The Morgan fingerprint density at radius 1 is 0.523 bits per heavy atom. The van der Waals surface area contributed by atoms with E-state index in [-0.39, 0.29) is 43.8 Å². The summed E-state index contributed by atoms with van der Waals surface area (Å²) in [6.45, 7) is 8.04. The van der Waals surface area contributed by atoms with Crippen molar-refractivity contribution in [1.29, 1.82) is 0 Å². The number of phosphoric acid groups is 1. The third-order valence-corrected chi connectivity index (χ3v) is 21.1. The van der Waals surface area contributed by atoms with E-state index in [4.69, 9.17) is 126 Å². The number of unbranched alkanes of at least 4 members (excludes halogenated alkanes) is 24. The molecule has 29 heteroatoms. The van der Waals surface area contributed by atoms with Crippen LogP contribution in [0.25, 0.3) is 0 Å². The molecular weight excluding hydrogens is 1550 g/mol. The lowest BCUT2D eigenvalue weighted by molar-refractivity contribution is -0.272. The van der Waals surface area contributed by atoms with E-state index in [0.717, 1.165) is 141 Å². The van der Waals surface area contributed by atoms with Crippen molar-refractivity contribution >= 4 is 119 Å². The number of hydrogen-bond donors (Lipinski definition) is 2. The summed E-state index contributed by atoms with van der Waals surface area (Å²) in [4.78, 5) is 100. The molecule has 1 heterocycles. The third kappa shape index (κ3) is 42.6. The maximum Gasteiger partial charge on any atom is 0.588 e. The summed E-state index contributed by atoms with van der Waals surface area (Å²) in [7, 11) is -5.25. The number of hydrogen-bond acceptors (Lipinski definition) is 20. The zero-order chi connectivity index (χ0) is 79.8. The van der Waals surface area contributed by atoms with E-state index in [1.165, 1.54) is 51.0 Å². The average Bonchev–Trinajstić information content (AvgIpc) is 0.770. The van der Waals surface area contributed by atoms with Gasteiger partial charge in [-0.1, -0.05) is 318 Å². The molecule has 0 saturated carbocycles. The van der Waals surface area contributed by atoms with Crippen molar-refractivity contribution in [2.24, 2.45) is 0 Å². The standard InChI is InChI=1S/C80H119Cl6N2O20P/c1-7-11-15-19-21-23-25-29-36-50-63(101-68(90)52-42-27-17-13-9-3)54-67(89)87-65(74(93)97-56-60-44-34-31-35-45-60)57-98-75-71(88-76(94)100-59-79(81,82)83)73(104-70(92)55-64(102-69(91)53-43-28-18-14-10-4)51-37-30-26-24-22-20-16-12-8-2)72(66(103-75)58-99-77(95)105-78(5,6)80(84,85)86)108-109(96,106-61-46-38-32-39-47-61)107-62-48-40-33-41-49-62/h31-35,38-41,44-49,63-66,71-73,75H,7-30,36-37,42-43,50-59H2,1-6H3,(H,87,89)(H,88,94)/t63-,64-,65+,66-,71-,72-,73-,75-/m1/s1. The van der Waals surface area contributed by atoms with Crippen LogP contribution in [0.5, 0.6) is 11.5 Å². The van der Waals surface area contributed by atoms with E-state index in [1.807, 2.05) is 0 Å². The first-order valence-electron chi connectivity index (χ1n) is 39.2. The molecule has 3 aromatic carbocycles. The lowest BCUT2D eigenvalue weighted by Crippen LogP contribution is -2.67. The maximum absolute atomic E-state index is 15.9. The number of nitrogens with one attached hydrogen (secondary N) is 2. The molecule has 0 unspecified atom stereocenters. The van der Waals surface area contributed by atoms with Crippen LogP contribution in [0, 0.1) is 0 Å². The first-order chi connectivity index (χ1) is 52.2. The monoisotopic (exact) mass is 1670 g/mol. The Hall–Kier alpha value is -5.00. The van der Waals surface area contributed by atoms with E-state index in [0.29, 0.717) is 37.7 Å². The van der Waals surface area contributed by atoms with Gasteiger partial charge in [0.1, 0.15) is 61.8 Å². The number of para-hydroxylation sites is 2. The molecular formula is C80H119Cl6N2O20P. The number of amides is 2. The average molecular weight is 1670 g/mol. The van der Waals surface area contributed by atoms with Gasteiger partial charge < -0.3 is 62.3 Å². The summed E-state index contributed by atoms with van der Waals surface area (Å²) in [6.07, 6.45) is 13.3. The van der Waals surface area contributed by atoms with Gasteiger partial charge in [-0.15, -0.1) is 0 Å². The molecule has 109 heavy (non-hydrogen) atoms. The number of halogens is 6. The quantitative estimate of drug-likeness (QED) is 0.0175. The highest BCUT2D eigenvalue weighted by Crippen LogP contribution is 2.53. The second-order valence-corrected chi connectivity index (χ2v) is 34.4. The summed E-state index contributed by atoms with van der Waals surface area (Å²) in [5.74, 6) is -4.01. The van der Waals surface area contributed by atoms with Crippen LogP contribution in [-0.2, 0) is 82.3 Å². The molecule has 8 atom stereocenters. The largest absolute Gasteiger partial charge is 0.588 e. The number of phosphoric ester groups is 1. The molecule has 1 aliphatic rings. The van der Waals surface area contributed by atoms with E-state index in [1.54, 1.807) is 66.7 Å². The zero-order valence-electron chi connectivity index (χ0n) is 64.5. The Balaban J connectivity index is 1.94. The highest BCUT2D eigenvalue weighted by molar-refractivity contribution is 7.49. The highest BCUT2D eigenvalue weighted by Gasteiger charge is 2.55. The van der Waals surface area contributed by atoms with Gasteiger partial charge in [-0.3, -0.25) is 23.7 Å². The fourth-order valence-corrected chi connectivity index (χ4v) is 13.6. The Bertz CT molecular complexity index is 3040. The predicted octanol–water partition coefficient (Wildman–Crippen LogP) is 21.5. The number of carbonyl (C=O) groups excluding carboxylic acids is 7. The molecule has 4 rings (SSSR count). The summed E-state index contributed by atoms with van der Waals surface area (Å²) < 4.78 is 84.6. The van der Waals surface area contributed by atoms with Gasteiger partial charge in [-0.2, -0.15) is 0 Å². The molecule has 1 fully saturated rings.